The summed E-state index contributed by atoms with van der Waals surface area (Å²) in [6.07, 6.45) is 15.3. The Kier molecular flexibility index (Phi) is 7.05. The van der Waals surface area contributed by atoms with Crippen LogP contribution in [0.2, 0.25) is 0 Å². The van der Waals surface area contributed by atoms with Gasteiger partial charge in [0, 0.05) is 0 Å². The summed E-state index contributed by atoms with van der Waals surface area (Å²) in [6.45, 7) is 2.29. The molecular formula is C23H33F3. The second-order valence-electron chi connectivity index (χ2n) is 8.77. The molecule has 0 spiro atoms. The lowest BCUT2D eigenvalue weighted by molar-refractivity contribution is 0.224. The molecule has 0 atom stereocenters. The van der Waals surface area contributed by atoms with Crippen molar-refractivity contribution in [3.63, 3.8) is 0 Å². The van der Waals surface area contributed by atoms with Crippen LogP contribution >= 0.6 is 0 Å². The lowest BCUT2D eigenvalue weighted by Crippen LogP contribution is -2.18. The number of hydrogen-bond acceptors (Lipinski definition) is 0. The molecule has 2 fully saturated rings. The Bertz CT molecular complexity index is 544. The van der Waals surface area contributed by atoms with Crippen LogP contribution in [0, 0.1) is 35.2 Å². The van der Waals surface area contributed by atoms with Crippen molar-refractivity contribution in [2.45, 2.75) is 89.9 Å². The van der Waals surface area contributed by atoms with E-state index in [1.54, 1.807) is 0 Å². The fourth-order valence-electron chi connectivity index (χ4n) is 5.28. The third kappa shape index (κ3) is 5.04. The van der Waals surface area contributed by atoms with E-state index < -0.39 is 17.5 Å². The van der Waals surface area contributed by atoms with Gasteiger partial charge in [-0.1, -0.05) is 58.3 Å². The highest BCUT2D eigenvalue weighted by atomic mass is 19.2. The zero-order valence-electron chi connectivity index (χ0n) is 16.1. The average molecular weight is 367 g/mol. The van der Waals surface area contributed by atoms with Gasteiger partial charge in [-0.2, -0.15) is 0 Å². The van der Waals surface area contributed by atoms with Crippen LogP contribution in [0.1, 0.15) is 95.5 Å². The first-order chi connectivity index (χ1) is 12.6. The lowest BCUT2D eigenvalue weighted by atomic mass is 9.74. The third-order valence-electron chi connectivity index (χ3n) is 6.97. The van der Waals surface area contributed by atoms with Crippen molar-refractivity contribution in [2.24, 2.45) is 17.8 Å². The van der Waals surface area contributed by atoms with Crippen LogP contribution < -0.4 is 0 Å². The van der Waals surface area contributed by atoms with Crippen molar-refractivity contribution >= 4 is 0 Å². The summed E-state index contributed by atoms with van der Waals surface area (Å²) in [5, 5.41) is 0. The Morgan fingerprint density at radius 1 is 0.692 bits per heavy atom. The molecule has 0 unspecified atom stereocenters. The Morgan fingerprint density at radius 3 is 1.58 bits per heavy atom. The minimum Gasteiger partial charge on any atom is -0.204 e. The first kappa shape index (κ1) is 19.8. The number of halogens is 3. The largest absolute Gasteiger partial charge is 0.204 e. The predicted octanol–water partition coefficient (Wildman–Crippen LogP) is 7.76. The van der Waals surface area contributed by atoms with Crippen molar-refractivity contribution in [1.29, 1.82) is 0 Å². The van der Waals surface area contributed by atoms with Gasteiger partial charge in [0.05, 0.1) is 0 Å². The molecule has 3 heteroatoms. The maximum absolute atomic E-state index is 13.5. The fraction of sp³-hybridized carbons (Fsp3) is 0.739. The van der Waals surface area contributed by atoms with Crippen molar-refractivity contribution in [2.75, 3.05) is 0 Å². The van der Waals surface area contributed by atoms with Crippen LogP contribution in [0.25, 0.3) is 0 Å². The van der Waals surface area contributed by atoms with Gasteiger partial charge in [-0.3, -0.25) is 0 Å². The molecule has 0 nitrogen and oxygen atoms in total. The number of benzene rings is 1. The lowest BCUT2D eigenvalue weighted by Gasteiger charge is -2.32. The standard InChI is InChI=1S/C23H33F3/c1-2-3-16-4-6-17(7-5-16)8-9-18-10-12-19(13-11-18)20-14-21(24)23(26)22(25)15-20/h14-19H,2-13H2,1H3/t16-,17-,18?,19?. The summed E-state index contributed by atoms with van der Waals surface area (Å²) in [5.74, 6) is -0.628. The van der Waals surface area contributed by atoms with E-state index in [0.717, 1.165) is 43.4 Å². The molecule has 2 aliphatic rings. The van der Waals surface area contributed by atoms with Gasteiger partial charge >= 0.3 is 0 Å². The molecule has 0 bridgehead atoms. The Morgan fingerprint density at radius 2 is 1.12 bits per heavy atom. The molecule has 2 aliphatic carbocycles. The maximum atomic E-state index is 13.5. The Hall–Kier alpha value is -0.990. The third-order valence-corrected chi connectivity index (χ3v) is 6.97. The van der Waals surface area contributed by atoms with Crippen LogP contribution in [-0.4, -0.2) is 0 Å². The quantitative estimate of drug-likeness (QED) is 0.451. The van der Waals surface area contributed by atoms with Gasteiger partial charge in [0.1, 0.15) is 0 Å². The van der Waals surface area contributed by atoms with Crippen LogP contribution in [-0.2, 0) is 0 Å². The highest BCUT2D eigenvalue weighted by Gasteiger charge is 2.26. The van der Waals surface area contributed by atoms with Gasteiger partial charge in [0.25, 0.3) is 0 Å². The van der Waals surface area contributed by atoms with Crippen LogP contribution in [0.15, 0.2) is 12.1 Å². The van der Waals surface area contributed by atoms with E-state index in [0.29, 0.717) is 5.56 Å². The molecule has 0 saturated heterocycles. The highest BCUT2D eigenvalue weighted by Crippen LogP contribution is 2.40. The molecule has 1 aromatic rings. The van der Waals surface area contributed by atoms with E-state index in [2.05, 4.69) is 6.92 Å². The van der Waals surface area contributed by atoms with Crippen LogP contribution in [0.4, 0.5) is 13.2 Å². The van der Waals surface area contributed by atoms with Crippen molar-refractivity contribution in [3.8, 4) is 0 Å². The van der Waals surface area contributed by atoms with Crippen molar-refractivity contribution < 1.29 is 13.2 Å². The summed E-state index contributed by atoms with van der Waals surface area (Å²) in [5.41, 5.74) is 0.633. The first-order valence-electron chi connectivity index (χ1n) is 10.7. The van der Waals surface area contributed by atoms with Crippen molar-refractivity contribution in [3.05, 3.63) is 35.1 Å². The molecule has 0 aromatic heterocycles. The minimum absolute atomic E-state index is 0.181. The molecular weight excluding hydrogens is 333 g/mol. The molecule has 2 saturated carbocycles. The maximum Gasteiger partial charge on any atom is 0.194 e. The summed E-state index contributed by atoms with van der Waals surface area (Å²) in [4.78, 5) is 0. The Labute approximate surface area is 156 Å². The van der Waals surface area contributed by atoms with Gasteiger partial charge in [-0.15, -0.1) is 0 Å². The minimum atomic E-state index is -1.35. The highest BCUT2D eigenvalue weighted by molar-refractivity contribution is 5.23. The molecule has 3 rings (SSSR count). The molecule has 0 aliphatic heterocycles. The molecule has 146 valence electrons. The normalized spacial score (nSPS) is 29.7. The number of rotatable bonds is 6. The predicted molar refractivity (Wildman–Crippen MR) is 101 cm³/mol. The van der Waals surface area contributed by atoms with E-state index >= 15 is 0 Å². The second kappa shape index (κ2) is 9.28. The van der Waals surface area contributed by atoms with E-state index in [-0.39, 0.29) is 5.92 Å². The molecule has 0 radical (unpaired) electrons. The monoisotopic (exact) mass is 366 g/mol. The molecule has 0 amide bonds. The summed E-state index contributed by atoms with van der Waals surface area (Å²) in [6, 6.07) is 2.39. The smallest absolute Gasteiger partial charge is 0.194 e. The molecule has 0 N–H and O–H groups in total. The average Bonchev–Trinajstić information content (AvgIpc) is 2.66. The zero-order valence-corrected chi connectivity index (χ0v) is 16.1. The number of hydrogen-bond donors (Lipinski definition) is 0. The summed E-state index contributed by atoms with van der Waals surface area (Å²) < 4.78 is 40.1. The molecule has 26 heavy (non-hydrogen) atoms. The van der Waals surface area contributed by atoms with E-state index in [9.17, 15) is 13.2 Å². The van der Waals surface area contributed by atoms with Crippen LogP contribution in [0.3, 0.4) is 0 Å². The van der Waals surface area contributed by atoms with Gasteiger partial charge in [-0.25, -0.2) is 13.2 Å². The SMILES string of the molecule is CCC[C@H]1CC[C@H](CCC2CCC(c3cc(F)c(F)c(F)c3)CC2)CC1. The topological polar surface area (TPSA) is 0 Å². The fourth-order valence-corrected chi connectivity index (χ4v) is 5.28. The summed E-state index contributed by atoms with van der Waals surface area (Å²) in [7, 11) is 0. The van der Waals surface area contributed by atoms with Gasteiger partial charge in [0.15, 0.2) is 17.5 Å². The first-order valence-corrected chi connectivity index (χ1v) is 10.7. The van der Waals surface area contributed by atoms with E-state index in [1.807, 2.05) is 0 Å². The van der Waals surface area contributed by atoms with E-state index in [1.165, 1.54) is 63.5 Å². The van der Waals surface area contributed by atoms with Gasteiger partial charge in [-0.05, 0) is 67.1 Å². The van der Waals surface area contributed by atoms with Gasteiger partial charge in [0.2, 0.25) is 0 Å². The zero-order chi connectivity index (χ0) is 18.5. The van der Waals surface area contributed by atoms with Crippen LogP contribution in [0.5, 0.6) is 0 Å². The van der Waals surface area contributed by atoms with Gasteiger partial charge < -0.3 is 0 Å². The second-order valence-corrected chi connectivity index (χ2v) is 8.77. The van der Waals surface area contributed by atoms with Crippen molar-refractivity contribution in [1.82, 2.24) is 0 Å². The Balaban J connectivity index is 1.40. The van der Waals surface area contributed by atoms with E-state index in [4.69, 9.17) is 0 Å². The molecule has 0 heterocycles. The summed E-state index contributed by atoms with van der Waals surface area (Å²) >= 11 is 0. The molecule has 1 aromatic carbocycles.